The molecular weight excluding hydrogens is 367 g/mol. The summed E-state index contributed by atoms with van der Waals surface area (Å²) in [6, 6.07) is 9.70. The van der Waals surface area contributed by atoms with E-state index in [1.807, 2.05) is 0 Å². The van der Waals surface area contributed by atoms with Gasteiger partial charge in [0.05, 0.1) is 20.3 Å². The Kier molecular flexibility index (Phi) is 7.20. The number of hydrogen-bond donors (Lipinski definition) is 2. The summed E-state index contributed by atoms with van der Waals surface area (Å²) >= 11 is 0. The standard InChI is InChI=1S/C20H23FN2O5/c1-13(17-10-16(27-2)8-9-18(17)28-3)22-20(26)23(12-19(24)25)11-14-4-6-15(21)7-5-14/h4-10,13H,11-12H2,1-3H3,(H,22,26)(H,24,25). The molecule has 2 rings (SSSR count). The molecule has 0 saturated carbocycles. The van der Waals surface area contributed by atoms with Gasteiger partial charge in [0.15, 0.2) is 0 Å². The highest BCUT2D eigenvalue weighted by atomic mass is 19.1. The first-order chi connectivity index (χ1) is 13.3. The second-order valence-electron chi connectivity index (χ2n) is 6.16. The Balaban J connectivity index is 2.17. The monoisotopic (exact) mass is 390 g/mol. The molecule has 0 bridgehead atoms. The lowest BCUT2D eigenvalue weighted by Gasteiger charge is -2.25. The largest absolute Gasteiger partial charge is 0.497 e. The smallest absolute Gasteiger partial charge is 0.323 e. The number of nitrogens with zero attached hydrogens (tertiary/aromatic N) is 1. The van der Waals surface area contributed by atoms with Crippen LogP contribution in [0.4, 0.5) is 9.18 Å². The SMILES string of the molecule is COc1ccc(OC)c(C(C)NC(=O)N(CC(=O)O)Cc2ccc(F)cc2)c1. The number of amides is 2. The first-order valence-electron chi connectivity index (χ1n) is 8.57. The molecule has 2 N–H and O–H groups in total. The van der Waals surface area contributed by atoms with Gasteiger partial charge in [0.25, 0.3) is 0 Å². The van der Waals surface area contributed by atoms with Crippen LogP contribution in [0.5, 0.6) is 11.5 Å². The third-order valence-corrected chi connectivity index (χ3v) is 4.14. The van der Waals surface area contributed by atoms with E-state index >= 15 is 0 Å². The molecule has 0 heterocycles. The van der Waals surface area contributed by atoms with Crippen LogP contribution in [0.2, 0.25) is 0 Å². The number of carbonyl (C=O) groups excluding carboxylic acids is 1. The van der Waals surface area contributed by atoms with Gasteiger partial charge in [-0.15, -0.1) is 0 Å². The Morgan fingerprint density at radius 3 is 2.39 bits per heavy atom. The first-order valence-corrected chi connectivity index (χ1v) is 8.57. The zero-order valence-corrected chi connectivity index (χ0v) is 15.9. The van der Waals surface area contributed by atoms with E-state index < -0.39 is 30.4 Å². The number of halogens is 1. The summed E-state index contributed by atoms with van der Waals surface area (Å²) < 4.78 is 23.6. The highest BCUT2D eigenvalue weighted by molar-refractivity contribution is 5.80. The third kappa shape index (κ3) is 5.60. The van der Waals surface area contributed by atoms with Crippen LogP contribution in [0, 0.1) is 5.82 Å². The zero-order valence-electron chi connectivity index (χ0n) is 15.9. The molecule has 28 heavy (non-hydrogen) atoms. The second kappa shape index (κ2) is 9.59. The number of hydrogen-bond acceptors (Lipinski definition) is 4. The van der Waals surface area contributed by atoms with Crippen LogP contribution in [0.25, 0.3) is 0 Å². The molecule has 0 fully saturated rings. The Labute approximate surface area is 162 Å². The van der Waals surface area contributed by atoms with E-state index in [-0.39, 0.29) is 6.54 Å². The van der Waals surface area contributed by atoms with E-state index in [1.165, 1.54) is 38.5 Å². The van der Waals surface area contributed by atoms with Gasteiger partial charge in [-0.25, -0.2) is 9.18 Å². The number of nitrogens with one attached hydrogen (secondary N) is 1. The second-order valence-corrected chi connectivity index (χ2v) is 6.16. The number of methoxy groups -OCH3 is 2. The van der Waals surface area contributed by atoms with Crippen molar-refractivity contribution in [2.24, 2.45) is 0 Å². The average molecular weight is 390 g/mol. The van der Waals surface area contributed by atoms with Gasteiger partial charge in [0.2, 0.25) is 0 Å². The van der Waals surface area contributed by atoms with Crippen molar-refractivity contribution in [3.63, 3.8) is 0 Å². The number of rotatable bonds is 8. The fourth-order valence-corrected chi connectivity index (χ4v) is 2.71. The maximum absolute atomic E-state index is 13.1. The van der Waals surface area contributed by atoms with E-state index in [1.54, 1.807) is 25.1 Å². The Morgan fingerprint density at radius 2 is 1.82 bits per heavy atom. The number of carboxylic acid groups (broad SMARTS) is 1. The minimum absolute atomic E-state index is 0.0282. The van der Waals surface area contributed by atoms with Crippen molar-refractivity contribution in [3.8, 4) is 11.5 Å². The quantitative estimate of drug-likeness (QED) is 0.723. The molecule has 0 aliphatic rings. The summed E-state index contributed by atoms with van der Waals surface area (Å²) in [6.45, 7) is 1.29. The summed E-state index contributed by atoms with van der Waals surface area (Å²) in [5.41, 5.74) is 1.30. The lowest BCUT2D eigenvalue weighted by Crippen LogP contribution is -2.43. The highest BCUT2D eigenvalue weighted by Crippen LogP contribution is 2.29. The topological polar surface area (TPSA) is 88.1 Å². The molecule has 0 spiro atoms. The molecule has 2 aromatic carbocycles. The molecule has 0 aliphatic carbocycles. The molecule has 0 aromatic heterocycles. The number of benzene rings is 2. The minimum Gasteiger partial charge on any atom is -0.497 e. The summed E-state index contributed by atoms with van der Waals surface area (Å²) in [7, 11) is 3.05. The molecule has 7 nitrogen and oxygen atoms in total. The van der Waals surface area contributed by atoms with Crippen molar-refractivity contribution in [3.05, 3.63) is 59.4 Å². The normalized spacial score (nSPS) is 11.4. The molecule has 0 aliphatic heterocycles. The Hall–Kier alpha value is -3.29. The maximum Gasteiger partial charge on any atom is 0.323 e. The number of carbonyl (C=O) groups is 2. The fourth-order valence-electron chi connectivity index (χ4n) is 2.71. The van der Waals surface area contributed by atoms with Gasteiger partial charge in [-0.05, 0) is 42.8 Å². The van der Waals surface area contributed by atoms with Crippen LogP contribution in [0.1, 0.15) is 24.1 Å². The van der Waals surface area contributed by atoms with Crippen molar-refractivity contribution in [2.45, 2.75) is 19.5 Å². The summed E-state index contributed by atoms with van der Waals surface area (Å²) in [6.07, 6.45) is 0. The van der Waals surface area contributed by atoms with E-state index in [2.05, 4.69) is 5.32 Å². The van der Waals surface area contributed by atoms with Crippen molar-refractivity contribution in [1.29, 1.82) is 0 Å². The lowest BCUT2D eigenvalue weighted by molar-refractivity contribution is -0.137. The summed E-state index contributed by atoms with van der Waals surface area (Å²) in [5.74, 6) is -0.386. The highest BCUT2D eigenvalue weighted by Gasteiger charge is 2.21. The number of carboxylic acids is 1. The van der Waals surface area contributed by atoms with Crippen LogP contribution in [0.3, 0.4) is 0 Å². The van der Waals surface area contributed by atoms with E-state index in [9.17, 15) is 14.0 Å². The minimum atomic E-state index is -1.15. The van der Waals surface area contributed by atoms with Crippen LogP contribution in [-0.2, 0) is 11.3 Å². The van der Waals surface area contributed by atoms with Crippen LogP contribution in [-0.4, -0.2) is 42.8 Å². The number of ether oxygens (including phenoxy) is 2. The molecular formula is C20H23FN2O5. The van der Waals surface area contributed by atoms with Gasteiger partial charge in [-0.3, -0.25) is 4.79 Å². The van der Waals surface area contributed by atoms with Crippen molar-refractivity contribution < 1.29 is 28.6 Å². The van der Waals surface area contributed by atoms with Crippen LogP contribution >= 0.6 is 0 Å². The molecule has 1 atom stereocenters. The van der Waals surface area contributed by atoms with Gasteiger partial charge in [-0.2, -0.15) is 0 Å². The van der Waals surface area contributed by atoms with Crippen LogP contribution in [0.15, 0.2) is 42.5 Å². The van der Waals surface area contributed by atoms with Gasteiger partial charge in [-0.1, -0.05) is 12.1 Å². The number of aliphatic carboxylic acids is 1. The van der Waals surface area contributed by atoms with Crippen LogP contribution < -0.4 is 14.8 Å². The predicted octanol–water partition coefficient (Wildman–Crippen LogP) is 3.20. The molecule has 150 valence electrons. The maximum atomic E-state index is 13.1. The molecule has 0 radical (unpaired) electrons. The van der Waals surface area contributed by atoms with E-state index in [0.717, 1.165) is 4.90 Å². The average Bonchev–Trinajstić information content (AvgIpc) is 2.68. The third-order valence-electron chi connectivity index (χ3n) is 4.14. The van der Waals surface area contributed by atoms with Crippen molar-refractivity contribution in [1.82, 2.24) is 10.2 Å². The fraction of sp³-hybridized carbons (Fsp3) is 0.300. The molecule has 2 amide bonds. The lowest BCUT2D eigenvalue weighted by atomic mass is 10.1. The van der Waals surface area contributed by atoms with Gasteiger partial charge in [0.1, 0.15) is 23.9 Å². The Morgan fingerprint density at radius 1 is 1.14 bits per heavy atom. The Bertz CT molecular complexity index is 826. The number of urea groups is 1. The molecule has 2 aromatic rings. The first kappa shape index (κ1) is 21.0. The molecule has 0 saturated heterocycles. The van der Waals surface area contributed by atoms with Crippen molar-refractivity contribution >= 4 is 12.0 Å². The molecule has 8 heteroatoms. The summed E-state index contributed by atoms with van der Waals surface area (Å²) in [5, 5.41) is 11.9. The zero-order chi connectivity index (χ0) is 20.7. The van der Waals surface area contributed by atoms with Gasteiger partial charge < -0.3 is 24.8 Å². The van der Waals surface area contributed by atoms with E-state index in [0.29, 0.717) is 22.6 Å². The molecule has 1 unspecified atom stereocenters. The predicted molar refractivity (Wildman–Crippen MR) is 101 cm³/mol. The summed E-state index contributed by atoms with van der Waals surface area (Å²) in [4.78, 5) is 25.0. The van der Waals surface area contributed by atoms with Gasteiger partial charge in [0, 0.05) is 12.1 Å². The van der Waals surface area contributed by atoms with Crippen molar-refractivity contribution in [2.75, 3.05) is 20.8 Å². The van der Waals surface area contributed by atoms with Gasteiger partial charge >= 0.3 is 12.0 Å². The van der Waals surface area contributed by atoms with E-state index in [4.69, 9.17) is 14.6 Å².